The van der Waals surface area contributed by atoms with Crippen LogP contribution in [-0.2, 0) is 11.3 Å². The van der Waals surface area contributed by atoms with Gasteiger partial charge in [0.25, 0.3) is 0 Å². The third-order valence-electron chi connectivity index (χ3n) is 6.08. The van der Waals surface area contributed by atoms with Gasteiger partial charge < -0.3 is 15.5 Å². The van der Waals surface area contributed by atoms with E-state index in [2.05, 4.69) is 21.8 Å². The van der Waals surface area contributed by atoms with Gasteiger partial charge in [0.15, 0.2) is 6.17 Å². The van der Waals surface area contributed by atoms with Gasteiger partial charge in [0.2, 0.25) is 5.91 Å². The Hall–Kier alpha value is -2.28. The quantitative estimate of drug-likeness (QED) is 0.879. The van der Waals surface area contributed by atoms with Crippen LogP contribution in [0.2, 0.25) is 0 Å². The summed E-state index contributed by atoms with van der Waals surface area (Å²) in [6, 6.07) is 2.03. The van der Waals surface area contributed by atoms with Gasteiger partial charge in [0, 0.05) is 43.8 Å². The number of fused-ring (bicyclic) bond motifs is 1. The minimum atomic E-state index is -0.319. The number of amidine groups is 1. The predicted molar refractivity (Wildman–Crippen MR) is 106 cm³/mol. The molecule has 2 N–H and O–H groups in total. The number of hydrogen-bond acceptors (Lipinski definition) is 6. The molecule has 0 radical (unpaired) electrons. The molecule has 1 saturated heterocycles. The normalized spacial score (nSPS) is 28.5. The molecule has 27 heavy (non-hydrogen) atoms. The summed E-state index contributed by atoms with van der Waals surface area (Å²) in [7, 11) is 1.86. The molecule has 1 saturated carbocycles. The molecule has 2 fully saturated rings. The van der Waals surface area contributed by atoms with E-state index in [0.717, 1.165) is 36.2 Å². The van der Waals surface area contributed by atoms with Crippen molar-refractivity contribution >= 4 is 18.0 Å². The highest BCUT2D eigenvalue weighted by molar-refractivity contribution is 6.09. The van der Waals surface area contributed by atoms with Gasteiger partial charge in [-0.25, -0.2) is 4.99 Å². The standard InChI is InChI=1S/C20H28N6O/c1-3-16-20(27)25(2)17-12-23-18(15-8-9-22-11-13(15)10-21)24-19(17)26(16)14-6-4-5-7-14/h8-9,11-12,14,16-18H,3-7,10,21H2,1-2H3/t16?,17?,18-/m0/s1. The van der Waals surface area contributed by atoms with E-state index in [1.165, 1.54) is 12.8 Å². The maximum absolute atomic E-state index is 13.0. The Labute approximate surface area is 160 Å². The van der Waals surface area contributed by atoms with Gasteiger partial charge in [-0.05, 0) is 30.9 Å². The molecule has 4 rings (SSSR count). The summed E-state index contributed by atoms with van der Waals surface area (Å²) >= 11 is 0. The predicted octanol–water partition coefficient (Wildman–Crippen LogP) is 1.89. The summed E-state index contributed by atoms with van der Waals surface area (Å²) in [4.78, 5) is 31.0. The lowest BCUT2D eigenvalue weighted by molar-refractivity contribution is -0.137. The first-order valence-electron chi connectivity index (χ1n) is 9.94. The molecule has 1 aliphatic carbocycles. The molecule has 1 aromatic heterocycles. The molecular formula is C20H28N6O. The SMILES string of the molecule is CCC1C(=O)N(C)C2C=N[C@H](c3ccncc3CN)N=C2N1C1CCCC1. The third kappa shape index (κ3) is 3.04. The molecule has 0 spiro atoms. The van der Waals surface area contributed by atoms with Crippen molar-refractivity contribution in [2.45, 2.75) is 69.9 Å². The molecular weight excluding hydrogens is 340 g/mol. The van der Waals surface area contributed by atoms with Gasteiger partial charge >= 0.3 is 0 Å². The minimum Gasteiger partial charge on any atom is -0.343 e. The zero-order chi connectivity index (χ0) is 19.0. The fourth-order valence-electron chi connectivity index (χ4n) is 4.61. The maximum atomic E-state index is 13.0. The fraction of sp³-hybridized carbons (Fsp3) is 0.600. The zero-order valence-electron chi connectivity index (χ0n) is 16.1. The number of pyridine rings is 1. The van der Waals surface area contributed by atoms with Crippen molar-refractivity contribution in [3.8, 4) is 0 Å². The van der Waals surface area contributed by atoms with Crippen molar-refractivity contribution in [3.05, 3.63) is 29.6 Å². The Morgan fingerprint density at radius 3 is 2.78 bits per heavy atom. The molecule has 1 amide bonds. The van der Waals surface area contributed by atoms with Crippen LogP contribution in [0.5, 0.6) is 0 Å². The second kappa shape index (κ2) is 7.38. The highest BCUT2D eigenvalue weighted by atomic mass is 16.2. The van der Waals surface area contributed by atoms with Crippen LogP contribution in [-0.4, -0.2) is 57.9 Å². The average Bonchev–Trinajstić information content (AvgIpc) is 3.24. The van der Waals surface area contributed by atoms with Crippen LogP contribution in [0.3, 0.4) is 0 Å². The largest absolute Gasteiger partial charge is 0.343 e. The topological polar surface area (TPSA) is 87.2 Å². The van der Waals surface area contributed by atoms with Gasteiger partial charge in [-0.1, -0.05) is 19.8 Å². The Bertz CT molecular complexity index is 769. The van der Waals surface area contributed by atoms with Crippen molar-refractivity contribution in [2.75, 3.05) is 7.05 Å². The molecule has 0 bridgehead atoms. The van der Waals surface area contributed by atoms with Crippen LogP contribution in [0.1, 0.15) is 56.3 Å². The van der Waals surface area contributed by atoms with E-state index in [4.69, 9.17) is 10.7 Å². The number of rotatable bonds is 4. The van der Waals surface area contributed by atoms with E-state index >= 15 is 0 Å². The molecule has 3 heterocycles. The van der Waals surface area contributed by atoms with Gasteiger partial charge in [-0.15, -0.1) is 0 Å². The number of carbonyl (C=O) groups is 1. The number of amides is 1. The molecule has 144 valence electrons. The van der Waals surface area contributed by atoms with Gasteiger partial charge in [-0.2, -0.15) is 0 Å². The lowest BCUT2D eigenvalue weighted by atomic mass is 9.98. The molecule has 3 aliphatic rings. The van der Waals surface area contributed by atoms with Crippen molar-refractivity contribution in [3.63, 3.8) is 0 Å². The summed E-state index contributed by atoms with van der Waals surface area (Å²) in [6.45, 7) is 2.49. The van der Waals surface area contributed by atoms with Crippen LogP contribution in [0, 0.1) is 0 Å². The van der Waals surface area contributed by atoms with E-state index in [9.17, 15) is 4.79 Å². The average molecular weight is 368 g/mol. The van der Waals surface area contributed by atoms with Crippen LogP contribution in [0.15, 0.2) is 28.4 Å². The first-order valence-corrected chi connectivity index (χ1v) is 9.94. The van der Waals surface area contributed by atoms with Crippen LogP contribution in [0.25, 0.3) is 0 Å². The lowest BCUT2D eigenvalue weighted by Crippen LogP contribution is -2.66. The molecule has 0 aromatic carbocycles. The maximum Gasteiger partial charge on any atom is 0.245 e. The van der Waals surface area contributed by atoms with E-state index < -0.39 is 0 Å². The van der Waals surface area contributed by atoms with Gasteiger partial charge in [0.05, 0.1) is 0 Å². The van der Waals surface area contributed by atoms with E-state index in [-0.39, 0.29) is 24.2 Å². The first kappa shape index (κ1) is 18.1. The number of carbonyl (C=O) groups excluding carboxylic acids is 1. The molecule has 2 unspecified atom stereocenters. The van der Waals surface area contributed by atoms with Crippen molar-refractivity contribution in [2.24, 2.45) is 15.7 Å². The number of aromatic nitrogens is 1. The fourth-order valence-corrected chi connectivity index (χ4v) is 4.61. The van der Waals surface area contributed by atoms with E-state index in [0.29, 0.717) is 12.6 Å². The first-order chi connectivity index (χ1) is 13.2. The Kier molecular flexibility index (Phi) is 4.95. The number of nitrogens with zero attached hydrogens (tertiary/aromatic N) is 5. The van der Waals surface area contributed by atoms with Crippen molar-refractivity contribution in [1.82, 2.24) is 14.8 Å². The number of piperazine rings is 1. The molecule has 7 heteroatoms. The molecule has 2 aliphatic heterocycles. The van der Waals surface area contributed by atoms with Crippen molar-refractivity contribution in [1.29, 1.82) is 0 Å². The summed E-state index contributed by atoms with van der Waals surface area (Å²) in [6.07, 6.45) is 10.6. The summed E-state index contributed by atoms with van der Waals surface area (Å²) in [5.74, 6) is 1.15. The van der Waals surface area contributed by atoms with Crippen LogP contribution < -0.4 is 5.73 Å². The highest BCUT2D eigenvalue weighted by Crippen LogP contribution is 2.34. The van der Waals surface area contributed by atoms with Gasteiger partial charge in [-0.3, -0.25) is 14.8 Å². The lowest BCUT2D eigenvalue weighted by Gasteiger charge is -2.48. The van der Waals surface area contributed by atoms with E-state index in [1.807, 2.05) is 19.3 Å². The number of aliphatic imine (C=N–C) groups is 2. The summed E-state index contributed by atoms with van der Waals surface area (Å²) in [5, 5.41) is 0. The second-order valence-electron chi connectivity index (χ2n) is 7.60. The smallest absolute Gasteiger partial charge is 0.245 e. The molecule has 7 nitrogen and oxygen atoms in total. The summed E-state index contributed by atoms with van der Waals surface area (Å²) < 4.78 is 0. The monoisotopic (exact) mass is 368 g/mol. The summed E-state index contributed by atoms with van der Waals surface area (Å²) in [5.41, 5.74) is 7.85. The van der Waals surface area contributed by atoms with Crippen LogP contribution >= 0.6 is 0 Å². The highest BCUT2D eigenvalue weighted by Gasteiger charge is 2.46. The number of likely N-dealkylation sites (N-methyl/N-ethyl adjacent to an activating group) is 1. The Balaban J connectivity index is 1.76. The Morgan fingerprint density at radius 2 is 2.07 bits per heavy atom. The molecule has 3 atom stereocenters. The van der Waals surface area contributed by atoms with E-state index in [1.54, 1.807) is 17.3 Å². The second-order valence-corrected chi connectivity index (χ2v) is 7.60. The van der Waals surface area contributed by atoms with Gasteiger partial charge in [0.1, 0.15) is 17.9 Å². The number of hydrogen-bond donors (Lipinski definition) is 1. The Morgan fingerprint density at radius 1 is 1.30 bits per heavy atom. The third-order valence-corrected chi connectivity index (χ3v) is 6.08. The zero-order valence-corrected chi connectivity index (χ0v) is 16.1. The van der Waals surface area contributed by atoms with Crippen LogP contribution in [0.4, 0.5) is 0 Å². The minimum absolute atomic E-state index is 0.133. The van der Waals surface area contributed by atoms with Crippen molar-refractivity contribution < 1.29 is 4.79 Å². The number of nitrogens with two attached hydrogens (primary N) is 1. The molecule has 1 aromatic rings.